The highest BCUT2D eigenvalue weighted by atomic mass is 35.5. The number of anilines is 1. The molecular weight excluding hydrogens is 625 g/mol. The monoisotopic (exact) mass is 655 g/mol. The fourth-order valence-corrected chi connectivity index (χ4v) is 6.65. The van der Waals surface area contributed by atoms with Crippen LogP contribution in [-0.4, -0.2) is 97.0 Å². The lowest BCUT2D eigenvalue weighted by molar-refractivity contribution is -0.140. The highest BCUT2D eigenvalue weighted by molar-refractivity contribution is 6.30. The lowest BCUT2D eigenvalue weighted by atomic mass is 9.80. The fraction of sp³-hybridized carbons (Fsp3) is 0.273. The summed E-state index contributed by atoms with van der Waals surface area (Å²) >= 11 is 6.32. The summed E-state index contributed by atoms with van der Waals surface area (Å²) in [5.41, 5.74) is 3.42. The van der Waals surface area contributed by atoms with Crippen LogP contribution in [0.25, 0.3) is 22.7 Å². The second-order valence-electron chi connectivity index (χ2n) is 11.6. The van der Waals surface area contributed by atoms with E-state index in [1.165, 1.54) is 29.2 Å². The van der Waals surface area contributed by atoms with Crippen molar-refractivity contribution in [3.63, 3.8) is 0 Å². The van der Waals surface area contributed by atoms with Gasteiger partial charge in [-0.15, -0.1) is 5.10 Å². The van der Waals surface area contributed by atoms with E-state index in [4.69, 9.17) is 16.3 Å². The van der Waals surface area contributed by atoms with Crippen molar-refractivity contribution in [2.24, 2.45) is 0 Å². The van der Waals surface area contributed by atoms with Crippen molar-refractivity contribution in [2.75, 3.05) is 38.2 Å². The maximum atomic E-state index is 14.3. The molecule has 14 heteroatoms. The molecule has 2 aromatic heterocycles. The molecule has 0 spiro atoms. The molecule has 47 heavy (non-hydrogen) atoms. The fourth-order valence-electron chi connectivity index (χ4n) is 6.47. The third-order valence-corrected chi connectivity index (χ3v) is 9.00. The first-order valence-corrected chi connectivity index (χ1v) is 15.6. The highest BCUT2D eigenvalue weighted by Gasteiger charge is 2.44. The average Bonchev–Trinajstić information content (AvgIpc) is 3.80. The van der Waals surface area contributed by atoms with Gasteiger partial charge in [0.1, 0.15) is 18.2 Å². The zero-order chi connectivity index (χ0) is 32.3. The molecule has 2 fully saturated rings. The number of nitrogens with zero attached hydrogens (tertiary/aromatic N) is 7. The number of carbonyl (C=O) groups excluding carboxylic acids is 2. The quantitative estimate of drug-likeness (QED) is 0.251. The molecule has 5 aromatic rings. The van der Waals surface area contributed by atoms with Gasteiger partial charge in [-0.3, -0.25) is 19.6 Å². The molecule has 7 rings (SSSR count). The second kappa shape index (κ2) is 13.4. The summed E-state index contributed by atoms with van der Waals surface area (Å²) in [6.07, 6.45) is 6.82. The number of likely N-dealkylation sites (tertiary alicyclic amines) is 1. The zero-order valence-electron chi connectivity index (χ0n) is 25.2. The van der Waals surface area contributed by atoms with Crippen LogP contribution < -0.4 is 5.32 Å². The summed E-state index contributed by atoms with van der Waals surface area (Å²) in [6.45, 7) is 2.90. The van der Waals surface area contributed by atoms with Crippen LogP contribution in [0.1, 0.15) is 23.5 Å². The SMILES string of the molecule is O=C(Nc1ccc2[nH]ncc2c1)C1C(c2ccc(F)cc2)CC(N2CCOCC2)CN1C(=O)/C=C/c1cc(Cl)ccc1-n1cnnn1. The Morgan fingerprint density at radius 2 is 1.89 bits per heavy atom. The highest BCUT2D eigenvalue weighted by Crippen LogP contribution is 2.36. The standard InChI is InChI=1S/C33H31ClFN9O3/c34-24-4-9-30(44-20-37-40-41-44)22(15-24)3-10-31(45)43-19-27(42-11-13-47-14-12-42)17-28(21-1-5-25(35)6-2-21)32(43)33(46)38-26-7-8-29-23(16-26)18-36-39-29/h1-10,15-16,18,20,27-28,32H,11-14,17,19H2,(H,36,39)(H,38,46)/b10-3+. The van der Waals surface area contributed by atoms with Crippen molar-refractivity contribution in [3.8, 4) is 5.69 Å². The molecule has 2 N–H and O–H groups in total. The van der Waals surface area contributed by atoms with Gasteiger partial charge in [0.15, 0.2) is 0 Å². The smallest absolute Gasteiger partial charge is 0.247 e. The maximum Gasteiger partial charge on any atom is 0.247 e. The first kappa shape index (κ1) is 30.7. The molecule has 2 amide bonds. The van der Waals surface area contributed by atoms with Gasteiger partial charge in [-0.05, 0) is 77.0 Å². The van der Waals surface area contributed by atoms with E-state index in [0.717, 1.165) is 16.5 Å². The molecule has 12 nitrogen and oxygen atoms in total. The number of benzene rings is 3. The molecule has 240 valence electrons. The van der Waals surface area contributed by atoms with E-state index < -0.39 is 12.0 Å². The van der Waals surface area contributed by atoms with E-state index in [1.807, 2.05) is 12.1 Å². The molecule has 0 aliphatic carbocycles. The van der Waals surface area contributed by atoms with Crippen molar-refractivity contribution in [3.05, 3.63) is 101 Å². The van der Waals surface area contributed by atoms with Gasteiger partial charge in [0.25, 0.3) is 0 Å². The molecule has 2 saturated heterocycles. The Labute approximate surface area is 274 Å². The number of amides is 2. The minimum absolute atomic E-state index is 0.0550. The maximum absolute atomic E-state index is 14.3. The second-order valence-corrected chi connectivity index (χ2v) is 12.0. The van der Waals surface area contributed by atoms with Gasteiger partial charge in [-0.2, -0.15) is 9.78 Å². The van der Waals surface area contributed by atoms with E-state index in [9.17, 15) is 14.0 Å². The number of ether oxygens (including phenoxy) is 1. The molecule has 0 radical (unpaired) electrons. The van der Waals surface area contributed by atoms with E-state index in [1.54, 1.807) is 53.6 Å². The summed E-state index contributed by atoms with van der Waals surface area (Å²) in [5.74, 6) is -1.50. The van der Waals surface area contributed by atoms with Gasteiger partial charge < -0.3 is 15.0 Å². The summed E-state index contributed by atoms with van der Waals surface area (Å²) < 4.78 is 21.2. The number of hydrogen-bond acceptors (Lipinski definition) is 8. The number of piperidine rings is 1. The van der Waals surface area contributed by atoms with Crippen LogP contribution in [0.15, 0.2) is 79.3 Å². The number of H-pyrrole nitrogens is 1. The Morgan fingerprint density at radius 3 is 2.68 bits per heavy atom. The van der Waals surface area contributed by atoms with Crippen molar-refractivity contribution >= 4 is 46.1 Å². The molecule has 4 heterocycles. The van der Waals surface area contributed by atoms with Crippen LogP contribution in [0.5, 0.6) is 0 Å². The van der Waals surface area contributed by atoms with Crippen LogP contribution >= 0.6 is 11.6 Å². The van der Waals surface area contributed by atoms with Crippen LogP contribution in [0.2, 0.25) is 5.02 Å². The Bertz CT molecular complexity index is 1910. The van der Waals surface area contributed by atoms with Crippen molar-refractivity contribution in [2.45, 2.75) is 24.4 Å². The first-order chi connectivity index (χ1) is 22.9. The number of fused-ring (bicyclic) bond motifs is 1. The predicted molar refractivity (Wildman–Crippen MR) is 173 cm³/mol. The van der Waals surface area contributed by atoms with Crippen molar-refractivity contribution in [1.82, 2.24) is 40.2 Å². The number of aromatic amines is 1. The molecule has 0 bridgehead atoms. The zero-order valence-corrected chi connectivity index (χ0v) is 25.9. The summed E-state index contributed by atoms with van der Waals surface area (Å²) in [7, 11) is 0. The minimum Gasteiger partial charge on any atom is -0.379 e. The van der Waals surface area contributed by atoms with E-state index >= 15 is 0 Å². The third kappa shape index (κ3) is 6.64. The number of tetrazole rings is 1. The Hall–Kier alpha value is -4.98. The van der Waals surface area contributed by atoms with Crippen molar-refractivity contribution in [1.29, 1.82) is 0 Å². The Kier molecular flexibility index (Phi) is 8.74. The molecule has 2 aliphatic heterocycles. The van der Waals surface area contributed by atoms with E-state index in [-0.39, 0.29) is 23.7 Å². The van der Waals surface area contributed by atoms with Crippen LogP contribution in [-0.2, 0) is 14.3 Å². The Morgan fingerprint density at radius 1 is 1.06 bits per heavy atom. The summed E-state index contributed by atoms with van der Waals surface area (Å²) in [4.78, 5) is 32.5. The van der Waals surface area contributed by atoms with Gasteiger partial charge >= 0.3 is 0 Å². The molecule has 3 unspecified atom stereocenters. The lowest BCUT2D eigenvalue weighted by Gasteiger charge is -2.47. The number of nitrogens with one attached hydrogen (secondary N) is 2. The van der Waals surface area contributed by atoms with Gasteiger partial charge in [-0.25, -0.2) is 4.39 Å². The van der Waals surface area contributed by atoms with Crippen molar-refractivity contribution < 1.29 is 18.7 Å². The molecular formula is C33H31ClFN9O3. The summed E-state index contributed by atoms with van der Waals surface area (Å²) in [5, 5.41) is 22.7. The van der Waals surface area contributed by atoms with E-state index in [0.29, 0.717) is 61.2 Å². The van der Waals surface area contributed by atoms with Gasteiger partial charge in [-0.1, -0.05) is 23.7 Å². The molecule has 3 aromatic carbocycles. The number of morpholine rings is 1. The minimum atomic E-state index is -0.895. The predicted octanol–water partition coefficient (Wildman–Crippen LogP) is 4.07. The number of halogens is 2. The molecule has 0 saturated carbocycles. The largest absolute Gasteiger partial charge is 0.379 e. The van der Waals surface area contributed by atoms with Crippen LogP contribution in [0, 0.1) is 5.82 Å². The molecule has 2 aliphatic rings. The van der Waals surface area contributed by atoms with Gasteiger partial charge in [0.2, 0.25) is 11.8 Å². The summed E-state index contributed by atoms with van der Waals surface area (Å²) in [6, 6.07) is 15.9. The number of aromatic nitrogens is 6. The van der Waals surface area contributed by atoms with E-state index in [2.05, 4.69) is 35.9 Å². The number of carbonyl (C=O) groups is 2. The number of hydrogen-bond donors (Lipinski definition) is 2. The third-order valence-electron chi connectivity index (χ3n) is 8.76. The van der Waals surface area contributed by atoms with Crippen LogP contribution in [0.3, 0.4) is 0 Å². The first-order valence-electron chi connectivity index (χ1n) is 15.3. The van der Waals surface area contributed by atoms with Gasteiger partial charge in [0, 0.05) is 59.3 Å². The normalized spacial score (nSPS) is 20.6. The average molecular weight is 656 g/mol. The topological polar surface area (TPSA) is 134 Å². The molecule has 3 atom stereocenters. The van der Waals surface area contributed by atoms with Gasteiger partial charge in [0.05, 0.1) is 30.6 Å². The Balaban J connectivity index is 1.26. The lowest BCUT2D eigenvalue weighted by Crippen LogP contribution is -2.61. The van der Waals surface area contributed by atoms with Crippen LogP contribution in [0.4, 0.5) is 10.1 Å². The number of rotatable bonds is 7.